The summed E-state index contributed by atoms with van der Waals surface area (Å²) < 4.78 is 1.13. The van der Waals surface area contributed by atoms with Gasteiger partial charge in [0.15, 0.2) is 0 Å². The molecule has 0 aliphatic carbocycles. The largest absolute Gasteiger partial charge is 0.378 e. The number of rotatable bonds is 3. The van der Waals surface area contributed by atoms with Crippen LogP contribution in [0.2, 0.25) is 0 Å². The van der Waals surface area contributed by atoms with Gasteiger partial charge in [-0.05, 0) is 42.8 Å². The maximum atomic E-state index is 4.34. The van der Waals surface area contributed by atoms with Crippen molar-refractivity contribution >= 4 is 32.5 Å². The first-order valence-electron chi connectivity index (χ1n) is 6.60. The molecule has 0 amide bonds. The number of hydrogen-bond donors (Lipinski definition) is 1. The Morgan fingerprint density at radius 1 is 1.05 bits per heavy atom. The van der Waals surface area contributed by atoms with Crippen molar-refractivity contribution in [3.8, 4) is 0 Å². The second kappa shape index (κ2) is 5.63. The number of aromatic nitrogens is 1. The van der Waals surface area contributed by atoms with Crippen molar-refractivity contribution < 1.29 is 0 Å². The van der Waals surface area contributed by atoms with Gasteiger partial charge in [0.1, 0.15) is 0 Å². The van der Waals surface area contributed by atoms with Crippen LogP contribution >= 0.6 is 15.9 Å². The fourth-order valence-electron chi connectivity index (χ4n) is 2.32. The van der Waals surface area contributed by atoms with Gasteiger partial charge in [0.2, 0.25) is 0 Å². The summed E-state index contributed by atoms with van der Waals surface area (Å²) in [5, 5.41) is 4.68. The van der Waals surface area contributed by atoms with Crippen molar-refractivity contribution in [2.45, 2.75) is 13.0 Å². The zero-order valence-corrected chi connectivity index (χ0v) is 12.8. The Morgan fingerprint density at radius 3 is 2.75 bits per heavy atom. The fourth-order valence-corrected chi connectivity index (χ4v) is 2.95. The second-order valence-corrected chi connectivity index (χ2v) is 5.65. The van der Waals surface area contributed by atoms with Gasteiger partial charge in [-0.25, -0.2) is 0 Å². The molecule has 0 radical (unpaired) electrons. The van der Waals surface area contributed by atoms with Gasteiger partial charge in [-0.2, -0.15) is 0 Å². The van der Waals surface area contributed by atoms with E-state index in [4.69, 9.17) is 0 Å². The molecule has 1 heterocycles. The number of nitrogens with zero attached hydrogens (tertiary/aromatic N) is 1. The summed E-state index contributed by atoms with van der Waals surface area (Å²) in [4.78, 5) is 4.34. The molecule has 3 heteroatoms. The van der Waals surface area contributed by atoms with E-state index in [1.54, 1.807) is 0 Å². The SMILES string of the molecule is CC(Nc1ccc2ncccc2c1)c1ccccc1Br. The van der Waals surface area contributed by atoms with Gasteiger partial charge >= 0.3 is 0 Å². The van der Waals surface area contributed by atoms with Crippen LogP contribution in [0, 0.1) is 0 Å². The van der Waals surface area contributed by atoms with Crippen molar-refractivity contribution in [2.24, 2.45) is 0 Å². The highest BCUT2D eigenvalue weighted by atomic mass is 79.9. The molecule has 2 aromatic carbocycles. The summed E-state index contributed by atoms with van der Waals surface area (Å²) in [5.74, 6) is 0. The average molecular weight is 327 g/mol. The third-order valence-electron chi connectivity index (χ3n) is 3.36. The molecule has 1 atom stereocenters. The van der Waals surface area contributed by atoms with E-state index < -0.39 is 0 Å². The van der Waals surface area contributed by atoms with E-state index >= 15 is 0 Å². The van der Waals surface area contributed by atoms with Gasteiger partial charge in [-0.1, -0.05) is 40.2 Å². The molecule has 3 aromatic rings. The smallest absolute Gasteiger partial charge is 0.0703 e. The molecule has 0 saturated heterocycles. The summed E-state index contributed by atoms with van der Waals surface area (Å²) in [5.41, 5.74) is 3.37. The van der Waals surface area contributed by atoms with Crippen LogP contribution in [-0.4, -0.2) is 4.98 Å². The monoisotopic (exact) mass is 326 g/mol. The number of pyridine rings is 1. The minimum atomic E-state index is 0.236. The van der Waals surface area contributed by atoms with Gasteiger partial charge < -0.3 is 5.32 Å². The molecule has 0 saturated carbocycles. The molecular formula is C17H15BrN2. The number of nitrogens with one attached hydrogen (secondary N) is 1. The van der Waals surface area contributed by atoms with E-state index in [1.807, 2.05) is 24.4 Å². The lowest BCUT2D eigenvalue weighted by molar-refractivity contribution is 0.879. The van der Waals surface area contributed by atoms with Crippen molar-refractivity contribution in [3.05, 3.63) is 70.8 Å². The summed E-state index contributed by atoms with van der Waals surface area (Å²) in [7, 11) is 0. The van der Waals surface area contributed by atoms with Crippen molar-refractivity contribution in [3.63, 3.8) is 0 Å². The maximum Gasteiger partial charge on any atom is 0.0703 e. The van der Waals surface area contributed by atoms with Crippen molar-refractivity contribution in [1.82, 2.24) is 4.98 Å². The van der Waals surface area contributed by atoms with Gasteiger partial charge in [0, 0.05) is 27.8 Å². The lowest BCUT2D eigenvalue weighted by Crippen LogP contribution is -2.07. The second-order valence-electron chi connectivity index (χ2n) is 4.80. The quantitative estimate of drug-likeness (QED) is 0.718. The Labute approximate surface area is 127 Å². The van der Waals surface area contributed by atoms with Crippen molar-refractivity contribution in [2.75, 3.05) is 5.32 Å². The first-order valence-corrected chi connectivity index (χ1v) is 7.39. The van der Waals surface area contributed by atoms with Gasteiger partial charge in [0.05, 0.1) is 5.52 Å². The van der Waals surface area contributed by atoms with E-state index in [2.05, 4.69) is 69.6 Å². The molecule has 2 nitrogen and oxygen atoms in total. The lowest BCUT2D eigenvalue weighted by atomic mass is 10.1. The zero-order valence-electron chi connectivity index (χ0n) is 11.2. The molecule has 0 fully saturated rings. The Kier molecular flexibility index (Phi) is 3.70. The molecule has 3 rings (SSSR count). The number of fused-ring (bicyclic) bond motifs is 1. The van der Waals surface area contributed by atoms with Crippen LogP contribution in [0.25, 0.3) is 10.9 Å². The van der Waals surface area contributed by atoms with Crippen LogP contribution in [0.15, 0.2) is 65.3 Å². The Bertz CT molecular complexity index is 740. The lowest BCUT2D eigenvalue weighted by Gasteiger charge is -2.17. The topological polar surface area (TPSA) is 24.9 Å². The zero-order chi connectivity index (χ0) is 13.9. The van der Waals surface area contributed by atoms with Gasteiger partial charge in [-0.15, -0.1) is 0 Å². The number of anilines is 1. The Morgan fingerprint density at radius 2 is 1.90 bits per heavy atom. The third-order valence-corrected chi connectivity index (χ3v) is 4.08. The summed E-state index contributed by atoms with van der Waals surface area (Å²) in [6.07, 6.45) is 1.82. The molecular weight excluding hydrogens is 312 g/mol. The van der Waals surface area contributed by atoms with E-state index in [0.717, 1.165) is 21.1 Å². The molecule has 1 N–H and O–H groups in total. The highest BCUT2D eigenvalue weighted by molar-refractivity contribution is 9.10. The van der Waals surface area contributed by atoms with Crippen LogP contribution in [0.1, 0.15) is 18.5 Å². The average Bonchev–Trinajstić information content (AvgIpc) is 2.47. The minimum Gasteiger partial charge on any atom is -0.378 e. The number of halogens is 1. The van der Waals surface area contributed by atoms with Crippen LogP contribution in [-0.2, 0) is 0 Å². The third kappa shape index (κ3) is 2.68. The molecule has 1 unspecified atom stereocenters. The summed E-state index contributed by atoms with van der Waals surface area (Å²) >= 11 is 3.60. The van der Waals surface area contributed by atoms with Gasteiger partial charge in [0.25, 0.3) is 0 Å². The standard InChI is InChI=1S/C17H15BrN2/c1-12(15-6-2-3-7-16(15)18)20-14-8-9-17-13(11-14)5-4-10-19-17/h2-12,20H,1H3. The highest BCUT2D eigenvalue weighted by Crippen LogP contribution is 2.27. The summed E-state index contributed by atoms with van der Waals surface area (Å²) in [6.45, 7) is 2.16. The van der Waals surface area contributed by atoms with E-state index in [-0.39, 0.29) is 6.04 Å². The van der Waals surface area contributed by atoms with Gasteiger partial charge in [-0.3, -0.25) is 4.98 Å². The van der Waals surface area contributed by atoms with Crippen molar-refractivity contribution in [1.29, 1.82) is 0 Å². The molecule has 0 aliphatic heterocycles. The normalized spacial score (nSPS) is 12.3. The molecule has 0 bridgehead atoms. The fraction of sp³-hybridized carbons (Fsp3) is 0.118. The molecule has 0 spiro atoms. The van der Waals surface area contributed by atoms with E-state index in [0.29, 0.717) is 0 Å². The van der Waals surface area contributed by atoms with Crippen LogP contribution in [0.3, 0.4) is 0 Å². The first kappa shape index (κ1) is 13.1. The van der Waals surface area contributed by atoms with Crippen LogP contribution in [0.5, 0.6) is 0 Å². The number of benzene rings is 2. The Hall–Kier alpha value is -1.87. The predicted molar refractivity (Wildman–Crippen MR) is 87.9 cm³/mol. The summed E-state index contributed by atoms with van der Waals surface area (Å²) in [6, 6.07) is 18.8. The van der Waals surface area contributed by atoms with E-state index in [9.17, 15) is 0 Å². The number of hydrogen-bond acceptors (Lipinski definition) is 2. The molecule has 1 aromatic heterocycles. The van der Waals surface area contributed by atoms with E-state index in [1.165, 1.54) is 5.56 Å². The molecule has 100 valence electrons. The van der Waals surface area contributed by atoms with Crippen LogP contribution < -0.4 is 5.32 Å². The van der Waals surface area contributed by atoms with Crippen LogP contribution in [0.4, 0.5) is 5.69 Å². The predicted octanol–water partition coefficient (Wildman–Crippen LogP) is 5.17. The maximum absolute atomic E-state index is 4.34. The first-order chi connectivity index (χ1) is 9.74. The highest BCUT2D eigenvalue weighted by Gasteiger charge is 2.08. The molecule has 20 heavy (non-hydrogen) atoms. The molecule has 0 aliphatic rings. The minimum absolute atomic E-state index is 0.236. The Balaban J connectivity index is 1.87.